The Morgan fingerprint density at radius 3 is 2.11 bits per heavy atom. The molecule has 0 unspecified atom stereocenters. The molecule has 1 amide bonds. The van der Waals surface area contributed by atoms with Gasteiger partial charge in [-0.15, -0.1) is 0 Å². The van der Waals surface area contributed by atoms with Gasteiger partial charge < -0.3 is 0 Å². The number of aryl methyl sites for hydroxylation is 3. The number of carbonyl (C=O) groups excluding carboxylic acids is 1. The molecule has 0 aliphatic carbocycles. The molecule has 0 atom stereocenters. The summed E-state index contributed by atoms with van der Waals surface area (Å²) in [6, 6.07) is 9.23. The molecule has 0 bridgehead atoms. The van der Waals surface area contributed by atoms with E-state index in [0.29, 0.717) is 11.5 Å². The summed E-state index contributed by atoms with van der Waals surface area (Å²) in [7, 11) is 0. The summed E-state index contributed by atoms with van der Waals surface area (Å²) in [4.78, 5) is 20.3. The molecule has 4 heteroatoms. The van der Waals surface area contributed by atoms with Gasteiger partial charge in [0, 0.05) is 17.0 Å². The maximum atomic E-state index is 12.0. The average Bonchev–Trinajstić information content (AvgIpc) is 2.28. The van der Waals surface area contributed by atoms with E-state index in [1.165, 1.54) is 0 Å². The zero-order valence-corrected chi connectivity index (χ0v) is 10.7. The molecule has 0 fully saturated rings. The predicted octanol–water partition coefficient (Wildman–Crippen LogP) is 2.65. The molecule has 1 aromatic heterocycles. The maximum Gasteiger partial charge on any atom is 0.258 e. The van der Waals surface area contributed by atoms with Gasteiger partial charge in [0.2, 0.25) is 5.95 Å². The quantitative estimate of drug-likeness (QED) is 0.879. The minimum absolute atomic E-state index is 0.194. The summed E-state index contributed by atoms with van der Waals surface area (Å²) in [6.45, 7) is 5.72. The van der Waals surface area contributed by atoms with E-state index in [0.717, 1.165) is 17.0 Å². The van der Waals surface area contributed by atoms with E-state index in [9.17, 15) is 4.79 Å². The lowest BCUT2D eigenvalue weighted by Crippen LogP contribution is -2.14. The molecule has 1 N–H and O–H groups in total. The summed E-state index contributed by atoms with van der Waals surface area (Å²) >= 11 is 0. The molecule has 2 aromatic rings. The van der Waals surface area contributed by atoms with Crippen molar-refractivity contribution in [3.8, 4) is 0 Å². The van der Waals surface area contributed by atoms with Crippen molar-refractivity contribution in [2.45, 2.75) is 20.8 Å². The third-order valence-corrected chi connectivity index (χ3v) is 2.52. The van der Waals surface area contributed by atoms with Crippen LogP contribution in [0.25, 0.3) is 0 Å². The van der Waals surface area contributed by atoms with Crippen LogP contribution in [0.3, 0.4) is 0 Å². The van der Waals surface area contributed by atoms with Crippen molar-refractivity contribution in [2.75, 3.05) is 5.32 Å². The van der Waals surface area contributed by atoms with Crippen molar-refractivity contribution in [1.82, 2.24) is 9.97 Å². The van der Waals surface area contributed by atoms with E-state index >= 15 is 0 Å². The summed E-state index contributed by atoms with van der Waals surface area (Å²) in [5.74, 6) is 0.151. The van der Waals surface area contributed by atoms with Crippen LogP contribution >= 0.6 is 0 Å². The Balaban J connectivity index is 2.18. The predicted molar refractivity (Wildman–Crippen MR) is 70.6 cm³/mol. The van der Waals surface area contributed by atoms with E-state index in [-0.39, 0.29) is 5.91 Å². The number of aromatic nitrogens is 2. The van der Waals surface area contributed by atoms with Crippen molar-refractivity contribution in [3.05, 3.63) is 52.8 Å². The van der Waals surface area contributed by atoms with Gasteiger partial charge in [0.05, 0.1) is 0 Å². The first-order valence-electron chi connectivity index (χ1n) is 5.75. The molecule has 18 heavy (non-hydrogen) atoms. The molecule has 1 aromatic carbocycles. The number of benzene rings is 1. The molecule has 0 spiro atoms. The highest BCUT2D eigenvalue weighted by molar-refractivity contribution is 6.03. The number of anilines is 1. The molecule has 2 rings (SSSR count). The van der Waals surface area contributed by atoms with Crippen LogP contribution in [-0.4, -0.2) is 15.9 Å². The van der Waals surface area contributed by atoms with Crippen molar-refractivity contribution < 1.29 is 4.79 Å². The topological polar surface area (TPSA) is 54.9 Å². The second-order valence-corrected chi connectivity index (χ2v) is 4.29. The fraction of sp³-hybridized carbons (Fsp3) is 0.214. The number of nitrogens with one attached hydrogen (secondary N) is 1. The molecular formula is C14H15N3O. The van der Waals surface area contributed by atoms with Crippen LogP contribution in [0.1, 0.15) is 27.3 Å². The van der Waals surface area contributed by atoms with Gasteiger partial charge in [-0.2, -0.15) is 0 Å². The van der Waals surface area contributed by atoms with Gasteiger partial charge in [0.25, 0.3) is 5.91 Å². The minimum atomic E-state index is -0.194. The molecule has 92 valence electrons. The normalized spacial score (nSPS) is 10.2. The summed E-state index contributed by atoms with van der Waals surface area (Å²) in [5, 5.41) is 2.70. The van der Waals surface area contributed by atoms with Crippen LogP contribution in [0.5, 0.6) is 0 Å². The Labute approximate surface area is 106 Å². The Hall–Kier alpha value is -2.23. The Morgan fingerprint density at radius 2 is 1.56 bits per heavy atom. The van der Waals surface area contributed by atoms with E-state index in [4.69, 9.17) is 0 Å². The van der Waals surface area contributed by atoms with Crippen LogP contribution in [0.15, 0.2) is 30.3 Å². The lowest BCUT2D eigenvalue weighted by Gasteiger charge is -2.05. The molecular weight excluding hydrogens is 226 g/mol. The first kappa shape index (κ1) is 12.2. The van der Waals surface area contributed by atoms with Gasteiger partial charge in [-0.3, -0.25) is 10.1 Å². The molecule has 0 aliphatic rings. The van der Waals surface area contributed by atoms with Gasteiger partial charge in [-0.1, -0.05) is 17.7 Å². The highest BCUT2D eigenvalue weighted by Crippen LogP contribution is 2.08. The maximum absolute atomic E-state index is 12.0. The molecule has 0 saturated carbocycles. The highest BCUT2D eigenvalue weighted by Gasteiger charge is 2.07. The number of carbonyl (C=O) groups is 1. The monoisotopic (exact) mass is 241 g/mol. The minimum Gasteiger partial charge on any atom is -0.290 e. The largest absolute Gasteiger partial charge is 0.290 e. The van der Waals surface area contributed by atoms with Gasteiger partial charge >= 0.3 is 0 Å². The number of amides is 1. The van der Waals surface area contributed by atoms with Gasteiger partial charge in [0.1, 0.15) is 0 Å². The van der Waals surface area contributed by atoms with Crippen molar-refractivity contribution in [3.63, 3.8) is 0 Å². The fourth-order valence-corrected chi connectivity index (χ4v) is 1.66. The highest BCUT2D eigenvalue weighted by atomic mass is 16.1. The first-order valence-corrected chi connectivity index (χ1v) is 5.75. The van der Waals surface area contributed by atoms with E-state index in [1.54, 1.807) is 12.1 Å². The van der Waals surface area contributed by atoms with E-state index in [2.05, 4.69) is 15.3 Å². The smallest absolute Gasteiger partial charge is 0.258 e. The lowest BCUT2D eigenvalue weighted by molar-refractivity contribution is 0.102. The first-order chi connectivity index (χ1) is 8.54. The van der Waals surface area contributed by atoms with E-state index < -0.39 is 0 Å². The second kappa shape index (κ2) is 4.96. The van der Waals surface area contributed by atoms with Crippen LogP contribution in [0.2, 0.25) is 0 Å². The fourth-order valence-electron chi connectivity index (χ4n) is 1.66. The number of hydrogen-bond donors (Lipinski definition) is 1. The Kier molecular flexibility index (Phi) is 3.37. The Morgan fingerprint density at radius 1 is 1.00 bits per heavy atom. The zero-order valence-electron chi connectivity index (χ0n) is 10.7. The second-order valence-electron chi connectivity index (χ2n) is 4.29. The van der Waals surface area contributed by atoms with Crippen molar-refractivity contribution >= 4 is 11.9 Å². The van der Waals surface area contributed by atoms with Crippen molar-refractivity contribution in [2.24, 2.45) is 0 Å². The average molecular weight is 241 g/mol. The van der Waals surface area contributed by atoms with Crippen LogP contribution < -0.4 is 5.32 Å². The summed E-state index contributed by atoms with van der Waals surface area (Å²) in [5.41, 5.74) is 3.39. The molecule has 1 heterocycles. The zero-order chi connectivity index (χ0) is 13.1. The van der Waals surface area contributed by atoms with Gasteiger partial charge in [-0.25, -0.2) is 9.97 Å². The molecule has 0 saturated heterocycles. The third kappa shape index (κ3) is 2.91. The van der Waals surface area contributed by atoms with Gasteiger partial charge in [0.15, 0.2) is 0 Å². The number of rotatable bonds is 2. The summed E-state index contributed by atoms with van der Waals surface area (Å²) < 4.78 is 0. The van der Waals surface area contributed by atoms with Crippen LogP contribution in [0, 0.1) is 20.8 Å². The molecule has 4 nitrogen and oxygen atoms in total. The molecule has 0 radical (unpaired) electrons. The van der Waals surface area contributed by atoms with E-state index in [1.807, 2.05) is 39.0 Å². The lowest BCUT2D eigenvalue weighted by atomic mass is 10.1. The van der Waals surface area contributed by atoms with Gasteiger partial charge in [-0.05, 0) is 39.0 Å². The Bertz CT molecular complexity index is 556. The number of nitrogens with zero attached hydrogens (tertiary/aromatic N) is 2. The summed E-state index contributed by atoms with van der Waals surface area (Å²) in [6.07, 6.45) is 0. The van der Waals surface area contributed by atoms with Crippen LogP contribution in [0.4, 0.5) is 5.95 Å². The van der Waals surface area contributed by atoms with Crippen LogP contribution in [-0.2, 0) is 0 Å². The van der Waals surface area contributed by atoms with Crippen molar-refractivity contribution in [1.29, 1.82) is 0 Å². The third-order valence-electron chi connectivity index (χ3n) is 2.52. The SMILES string of the molecule is Cc1ccc(C(=O)Nc2nc(C)cc(C)n2)cc1. The number of hydrogen-bond acceptors (Lipinski definition) is 3. The molecule has 0 aliphatic heterocycles. The standard InChI is InChI=1S/C14H15N3O/c1-9-4-6-12(7-5-9)13(18)17-14-15-10(2)8-11(3)16-14/h4-8H,1-3H3,(H,15,16,17,18).